The maximum atomic E-state index is 12.6. The SMILES string of the molecule is Cc1cc(N2CCc3c(nc(N4CC(C)OC(C)C4)[nH]c3=O)C2)nc(C)n1. The summed E-state index contributed by atoms with van der Waals surface area (Å²) in [4.78, 5) is 33.6. The van der Waals surface area contributed by atoms with E-state index in [4.69, 9.17) is 9.72 Å². The van der Waals surface area contributed by atoms with Crippen LogP contribution in [0.25, 0.3) is 0 Å². The second kappa shape index (κ2) is 6.92. The van der Waals surface area contributed by atoms with Gasteiger partial charge in [-0.2, -0.15) is 0 Å². The third kappa shape index (κ3) is 3.66. The first-order chi connectivity index (χ1) is 12.9. The molecule has 2 aliphatic heterocycles. The lowest BCUT2D eigenvalue weighted by Crippen LogP contribution is -2.47. The molecule has 0 aromatic carbocycles. The number of nitrogens with one attached hydrogen (secondary N) is 1. The molecule has 4 heterocycles. The molecule has 2 atom stereocenters. The van der Waals surface area contributed by atoms with Crippen LogP contribution in [0.1, 0.15) is 36.6 Å². The number of H-pyrrole nitrogens is 1. The van der Waals surface area contributed by atoms with Crippen LogP contribution in [0.2, 0.25) is 0 Å². The van der Waals surface area contributed by atoms with Crippen molar-refractivity contribution >= 4 is 11.8 Å². The minimum atomic E-state index is -0.0310. The summed E-state index contributed by atoms with van der Waals surface area (Å²) in [6.45, 7) is 10.7. The van der Waals surface area contributed by atoms with Crippen molar-refractivity contribution in [3.8, 4) is 0 Å². The van der Waals surface area contributed by atoms with E-state index in [-0.39, 0.29) is 17.8 Å². The molecule has 1 saturated heterocycles. The summed E-state index contributed by atoms with van der Waals surface area (Å²) in [5, 5.41) is 0. The van der Waals surface area contributed by atoms with E-state index >= 15 is 0 Å². The molecule has 144 valence electrons. The van der Waals surface area contributed by atoms with Gasteiger partial charge in [0.2, 0.25) is 5.95 Å². The largest absolute Gasteiger partial charge is 0.372 e. The first kappa shape index (κ1) is 17.9. The second-order valence-electron chi connectivity index (χ2n) is 7.56. The highest BCUT2D eigenvalue weighted by Gasteiger charge is 2.27. The Balaban J connectivity index is 1.64. The Kier molecular flexibility index (Phi) is 4.59. The lowest BCUT2D eigenvalue weighted by Gasteiger charge is -2.36. The molecule has 8 nitrogen and oxygen atoms in total. The second-order valence-corrected chi connectivity index (χ2v) is 7.56. The van der Waals surface area contributed by atoms with Gasteiger partial charge in [-0.3, -0.25) is 9.78 Å². The normalized spacial score (nSPS) is 22.7. The molecule has 0 aliphatic carbocycles. The Labute approximate surface area is 158 Å². The number of aromatic amines is 1. The predicted molar refractivity (Wildman–Crippen MR) is 103 cm³/mol. The van der Waals surface area contributed by atoms with Crippen molar-refractivity contribution in [3.63, 3.8) is 0 Å². The molecule has 2 unspecified atom stereocenters. The molecule has 8 heteroatoms. The van der Waals surface area contributed by atoms with E-state index in [1.54, 1.807) is 0 Å². The molecule has 0 amide bonds. The van der Waals surface area contributed by atoms with Crippen LogP contribution in [-0.4, -0.2) is 51.8 Å². The molecule has 4 rings (SSSR count). The van der Waals surface area contributed by atoms with Gasteiger partial charge < -0.3 is 14.5 Å². The topological polar surface area (TPSA) is 87.2 Å². The Morgan fingerprint density at radius 3 is 2.56 bits per heavy atom. The fourth-order valence-electron chi connectivity index (χ4n) is 3.98. The molecule has 1 N–H and O–H groups in total. The molecule has 2 aliphatic rings. The smallest absolute Gasteiger partial charge is 0.255 e. The van der Waals surface area contributed by atoms with Gasteiger partial charge in [0.1, 0.15) is 11.6 Å². The van der Waals surface area contributed by atoms with Crippen molar-refractivity contribution in [1.29, 1.82) is 0 Å². The van der Waals surface area contributed by atoms with E-state index in [1.807, 2.05) is 33.8 Å². The lowest BCUT2D eigenvalue weighted by atomic mass is 10.1. The predicted octanol–water partition coefficient (Wildman–Crippen LogP) is 1.35. The fraction of sp³-hybridized carbons (Fsp3) is 0.579. The Morgan fingerprint density at radius 2 is 1.85 bits per heavy atom. The van der Waals surface area contributed by atoms with Crippen LogP contribution >= 0.6 is 0 Å². The van der Waals surface area contributed by atoms with Crippen LogP contribution in [0.4, 0.5) is 11.8 Å². The van der Waals surface area contributed by atoms with Gasteiger partial charge in [0.05, 0.1) is 24.4 Å². The number of hydrogen-bond acceptors (Lipinski definition) is 7. The van der Waals surface area contributed by atoms with Gasteiger partial charge in [-0.1, -0.05) is 0 Å². The molecular weight excluding hydrogens is 344 g/mol. The average molecular weight is 370 g/mol. The number of ether oxygens (including phenoxy) is 1. The van der Waals surface area contributed by atoms with Gasteiger partial charge in [0, 0.05) is 37.0 Å². The highest BCUT2D eigenvalue weighted by molar-refractivity contribution is 5.44. The maximum Gasteiger partial charge on any atom is 0.255 e. The molecular formula is C19H26N6O2. The Morgan fingerprint density at radius 1 is 1.11 bits per heavy atom. The number of morpholine rings is 1. The number of hydrogen-bond donors (Lipinski definition) is 1. The van der Waals surface area contributed by atoms with E-state index in [0.717, 1.165) is 48.2 Å². The third-order valence-corrected chi connectivity index (χ3v) is 5.06. The minimum absolute atomic E-state index is 0.0310. The summed E-state index contributed by atoms with van der Waals surface area (Å²) in [6.07, 6.45) is 0.882. The van der Waals surface area contributed by atoms with Crippen LogP contribution in [0, 0.1) is 13.8 Å². The van der Waals surface area contributed by atoms with Gasteiger partial charge >= 0.3 is 0 Å². The van der Waals surface area contributed by atoms with Crippen molar-refractivity contribution in [2.45, 2.75) is 52.9 Å². The first-order valence-electron chi connectivity index (χ1n) is 9.48. The van der Waals surface area contributed by atoms with E-state index in [2.05, 4.69) is 24.8 Å². The molecule has 2 aromatic rings. The van der Waals surface area contributed by atoms with E-state index < -0.39 is 0 Å². The van der Waals surface area contributed by atoms with E-state index in [9.17, 15) is 4.79 Å². The van der Waals surface area contributed by atoms with E-state index in [1.165, 1.54) is 0 Å². The van der Waals surface area contributed by atoms with Gasteiger partial charge in [-0.25, -0.2) is 15.0 Å². The van der Waals surface area contributed by atoms with Gasteiger partial charge in [-0.15, -0.1) is 0 Å². The summed E-state index contributed by atoms with van der Waals surface area (Å²) in [7, 11) is 0. The molecule has 0 radical (unpaired) electrons. The number of rotatable bonds is 2. The van der Waals surface area contributed by atoms with Crippen LogP contribution in [0.3, 0.4) is 0 Å². The van der Waals surface area contributed by atoms with Crippen LogP contribution in [0.5, 0.6) is 0 Å². The van der Waals surface area contributed by atoms with E-state index in [0.29, 0.717) is 18.9 Å². The van der Waals surface area contributed by atoms with Crippen molar-refractivity contribution in [2.75, 3.05) is 29.4 Å². The number of nitrogens with zero attached hydrogens (tertiary/aromatic N) is 5. The van der Waals surface area contributed by atoms with Gasteiger partial charge in [0.15, 0.2) is 0 Å². The fourth-order valence-corrected chi connectivity index (χ4v) is 3.98. The quantitative estimate of drug-likeness (QED) is 0.854. The summed E-state index contributed by atoms with van der Waals surface area (Å²) >= 11 is 0. The summed E-state index contributed by atoms with van der Waals surface area (Å²) in [5.74, 6) is 2.28. The molecule has 2 aromatic heterocycles. The Hall–Kier alpha value is -2.48. The zero-order chi connectivity index (χ0) is 19.1. The first-order valence-corrected chi connectivity index (χ1v) is 9.48. The summed E-state index contributed by atoms with van der Waals surface area (Å²) in [6, 6.07) is 1.98. The van der Waals surface area contributed by atoms with Crippen LogP contribution in [-0.2, 0) is 17.7 Å². The Bertz CT molecular complexity index is 881. The van der Waals surface area contributed by atoms with Gasteiger partial charge in [-0.05, 0) is 34.1 Å². The standard InChI is InChI=1S/C19H26N6O2/c1-11-7-17(21-14(4)20-11)24-6-5-15-16(10-24)22-19(23-18(15)26)25-8-12(2)27-13(3)9-25/h7,12-13H,5-6,8-10H2,1-4H3,(H,22,23,26). The monoisotopic (exact) mass is 370 g/mol. The lowest BCUT2D eigenvalue weighted by molar-refractivity contribution is -0.00575. The molecule has 0 spiro atoms. The third-order valence-electron chi connectivity index (χ3n) is 5.06. The number of aromatic nitrogens is 4. The number of fused-ring (bicyclic) bond motifs is 1. The van der Waals surface area contributed by atoms with Crippen molar-refractivity contribution in [3.05, 3.63) is 39.2 Å². The molecule has 1 fully saturated rings. The minimum Gasteiger partial charge on any atom is -0.372 e. The average Bonchev–Trinajstić information content (AvgIpc) is 2.59. The highest BCUT2D eigenvalue weighted by Crippen LogP contribution is 2.23. The zero-order valence-corrected chi connectivity index (χ0v) is 16.3. The molecule has 27 heavy (non-hydrogen) atoms. The zero-order valence-electron chi connectivity index (χ0n) is 16.3. The van der Waals surface area contributed by atoms with Crippen LogP contribution in [0.15, 0.2) is 10.9 Å². The van der Waals surface area contributed by atoms with Crippen molar-refractivity contribution in [2.24, 2.45) is 0 Å². The summed E-state index contributed by atoms with van der Waals surface area (Å²) in [5.41, 5.74) is 2.53. The maximum absolute atomic E-state index is 12.6. The van der Waals surface area contributed by atoms with Crippen LogP contribution < -0.4 is 15.4 Å². The highest BCUT2D eigenvalue weighted by atomic mass is 16.5. The number of aryl methyl sites for hydroxylation is 2. The van der Waals surface area contributed by atoms with Crippen molar-refractivity contribution < 1.29 is 4.74 Å². The number of anilines is 2. The molecule has 0 bridgehead atoms. The van der Waals surface area contributed by atoms with Gasteiger partial charge in [0.25, 0.3) is 5.56 Å². The van der Waals surface area contributed by atoms with Crippen molar-refractivity contribution in [1.82, 2.24) is 19.9 Å². The summed E-state index contributed by atoms with van der Waals surface area (Å²) < 4.78 is 5.79. The molecule has 0 saturated carbocycles.